The molecule has 2 aromatic carbocycles. The fourth-order valence-corrected chi connectivity index (χ4v) is 3.56. The zero-order chi connectivity index (χ0) is 20.2. The van der Waals surface area contributed by atoms with Crippen LogP contribution in [0, 0.1) is 6.92 Å². The predicted molar refractivity (Wildman–Crippen MR) is 114 cm³/mol. The predicted octanol–water partition coefficient (Wildman–Crippen LogP) is 5.28. The van der Waals surface area contributed by atoms with Crippen molar-refractivity contribution in [3.05, 3.63) is 83.8 Å². The van der Waals surface area contributed by atoms with E-state index in [-0.39, 0.29) is 18.6 Å². The van der Waals surface area contributed by atoms with Crippen molar-refractivity contribution in [1.29, 1.82) is 0 Å². The van der Waals surface area contributed by atoms with Crippen LogP contribution in [0.25, 0.3) is 10.9 Å². The van der Waals surface area contributed by atoms with Crippen LogP contribution in [0.4, 0.5) is 0 Å². The van der Waals surface area contributed by atoms with E-state index in [0.29, 0.717) is 6.42 Å². The Balaban J connectivity index is 1.80. The molecule has 2 heterocycles. The average Bonchev–Trinajstić information content (AvgIpc) is 3.40. The molecule has 0 aliphatic carbocycles. The van der Waals surface area contributed by atoms with Crippen LogP contribution in [0.5, 0.6) is 0 Å². The van der Waals surface area contributed by atoms with Gasteiger partial charge in [0.05, 0.1) is 17.5 Å². The number of carbonyl (C=O) groups excluding carboxylic acids is 1. The van der Waals surface area contributed by atoms with Crippen molar-refractivity contribution in [3.8, 4) is 0 Å². The van der Waals surface area contributed by atoms with Crippen LogP contribution in [-0.2, 0) is 20.8 Å². The second-order valence-electron chi connectivity index (χ2n) is 7.12. The zero-order valence-electron chi connectivity index (χ0n) is 16.7. The average molecular weight is 388 g/mol. The van der Waals surface area contributed by atoms with Crippen LogP contribution in [0.1, 0.15) is 42.7 Å². The maximum absolute atomic E-state index is 11.8. The number of para-hydroxylation sites is 1. The number of benzene rings is 2. The maximum Gasteiger partial charge on any atom is 0.334 e. The molecule has 0 amide bonds. The van der Waals surface area contributed by atoms with Gasteiger partial charge in [0, 0.05) is 36.4 Å². The summed E-state index contributed by atoms with van der Waals surface area (Å²) in [6.45, 7) is 3.83. The molecule has 0 N–H and O–H groups in total. The highest BCUT2D eigenvalue weighted by Crippen LogP contribution is 2.30. The number of hydrogen-bond acceptors (Lipinski definition) is 4. The number of hydrogen-bond donors (Lipinski definition) is 0. The first kappa shape index (κ1) is 19.0. The Labute approximate surface area is 170 Å². The van der Waals surface area contributed by atoms with Gasteiger partial charge in [-0.15, -0.1) is 0 Å². The Hall–Kier alpha value is -3.34. The number of nitrogens with zero attached hydrogens (tertiary/aromatic N) is 2. The Morgan fingerprint density at radius 2 is 2.00 bits per heavy atom. The lowest BCUT2D eigenvalue weighted by Crippen LogP contribution is -2.10. The van der Waals surface area contributed by atoms with E-state index in [1.807, 2.05) is 30.3 Å². The van der Waals surface area contributed by atoms with Gasteiger partial charge in [0.25, 0.3) is 0 Å². The van der Waals surface area contributed by atoms with Gasteiger partial charge in [0.2, 0.25) is 0 Å². The summed E-state index contributed by atoms with van der Waals surface area (Å²) in [5, 5.41) is 5.35. The van der Waals surface area contributed by atoms with Crippen LogP contribution in [-0.4, -0.2) is 16.2 Å². The van der Waals surface area contributed by atoms with Crippen LogP contribution in [0.15, 0.2) is 72.2 Å². The Bertz CT molecular complexity index is 1090. The molecule has 1 atom stereocenters. The summed E-state index contributed by atoms with van der Waals surface area (Å²) in [5.41, 5.74) is 5.06. The Kier molecular flexibility index (Phi) is 5.47. The van der Waals surface area contributed by atoms with E-state index in [9.17, 15) is 4.79 Å². The molecule has 0 spiro atoms. The van der Waals surface area contributed by atoms with Crippen molar-refractivity contribution < 1.29 is 14.4 Å². The second-order valence-corrected chi connectivity index (χ2v) is 7.12. The molecule has 0 bridgehead atoms. The second kappa shape index (κ2) is 8.35. The molecule has 0 radical (unpaired) electrons. The third-order valence-electron chi connectivity index (χ3n) is 5.20. The van der Waals surface area contributed by atoms with Gasteiger partial charge in [-0.2, -0.15) is 0 Å². The third kappa shape index (κ3) is 3.94. The lowest BCUT2D eigenvalue weighted by molar-refractivity contribution is -0.143. The van der Waals surface area contributed by atoms with Gasteiger partial charge >= 0.3 is 5.97 Å². The minimum absolute atomic E-state index is 0.0773. The van der Waals surface area contributed by atoms with E-state index >= 15 is 0 Å². The zero-order valence-corrected chi connectivity index (χ0v) is 16.7. The molecular formula is C24H24N2O3. The number of oxime groups is 1. The lowest BCUT2D eigenvalue weighted by Gasteiger charge is -2.13. The molecule has 0 saturated heterocycles. The van der Waals surface area contributed by atoms with Gasteiger partial charge in [-0.3, -0.25) is 0 Å². The van der Waals surface area contributed by atoms with E-state index < -0.39 is 0 Å². The largest absolute Gasteiger partial charge is 0.478 e. The van der Waals surface area contributed by atoms with Gasteiger partial charge in [0.15, 0.2) is 6.23 Å². The molecule has 4 rings (SSSR count). The van der Waals surface area contributed by atoms with Crippen LogP contribution in [0.3, 0.4) is 0 Å². The van der Waals surface area contributed by atoms with E-state index in [1.165, 1.54) is 5.56 Å². The molecule has 1 unspecified atom stereocenters. The molecular weight excluding hydrogens is 364 g/mol. The number of rotatable bonds is 6. The van der Waals surface area contributed by atoms with Crippen molar-refractivity contribution in [3.63, 3.8) is 0 Å². The lowest BCUT2D eigenvalue weighted by atomic mass is 9.98. The SMILES string of the molecule is CCC(=O)O/N=C(\Cc1ccccc1C)c1cn(C2CC=CO2)c2ccccc12. The van der Waals surface area contributed by atoms with Gasteiger partial charge in [-0.1, -0.05) is 54.5 Å². The maximum atomic E-state index is 11.8. The van der Waals surface area contributed by atoms with Gasteiger partial charge in [-0.05, 0) is 30.2 Å². The molecule has 148 valence electrons. The fraction of sp³-hybridized carbons (Fsp3) is 0.250. The molecule has 29 heavy (non-hydrogen) atoms. The molecule has 1 aromatic heterocycles. The van der Waals surface area contributed by atoms with E-state index in [2.05, 4.69) is 47.1 Å². The van der Waals surface area contributed by atoms with Gasteiger partial charge in [-0.25, -0.2) is 4.79 Å². The molecule has 5 heteroatoms. The van der Waals surface area contributed by atoms with Crippen molar-refractivity contribution in [2.24, 2.45) is 5.16 Å². The highest BCUT2D eigenvalue weighted by Gasteiger charge is 2.21. The molecule has 1 aliphatic heterocycles. The molecule has 0 fully saturated rings. The standard InChI is InChI=1S/C24H24N2O3/c1-3-24(27)29-25-21(15-18-10-5-4-9-17(18)2)20-16-26(23-13-8-14-28-23)22-12-7-6-11-19(20)22/h4-12,14,16,23H,3,13,15H2,1-2H3/b25-21+. The number of aromatic nitrogens is 1. The van der Waals surface area contributed by atoms with Crippen LogP contribution in [0.2, 0.25) is 0 Å². The van der Waals surface area contributed by atoms with Crippen molar-refractivity contribution in [2.75, 3.05) is 0 Å². The monoisotopic (exact) mass is 388 g/mol. The molecule has 5 nitrogen and oxygen atoms in total. The summed E-state index contributed by atoms with van der Waals surface area (Å²) in [5.74, 6) is -0.348. The number of carbonyl (C=O) groups is 1. The van der Waals surface area contributed by atoms with Crippen LogP contribution >= 0.6 is 0 Å². The topological polar surface area (TPSA) is 52.8 Å². The quantitative estimate of drug-likeness (QED) is 0.328. The summed E-state index contributed by atoms with van der Waals surface area (Å²) < 4.78 is 7.88. The van der Waals surface area contributed by atoms with Gasteiger partial charge in [0.1, 0.15) is 0 Å². The normalized spacial score (nSPS) is 16.2. The summed E-state index contributed by atoms with van der Waals surface area (Å²) >= 11 is 0. The fourth-order valence-electron chi connectivity index (χ4n) is 3.56. The summed E-state index contributed by atoms with van der Waals surface area (Å²) in [7, 11) is 0. The van der Waals surface area contributed by atoms with Crippen molar-refractivity contribution >= 4 is 22.6 Å². The highest BCUT2D eigenvalue weighted by atomic mass is 16.7. The number of fused-ring (bicyclic) bond motifs is 1. The summed E-state index contributed by atoms with van der Waals surface area (Å²) in [4.78, 5) is 17.0. The number of ether oxygens (including phenoxy) is 1. The minimum Gasteiger partial charge on any atom is -0.478 e. The van der Waals surface area contributed by atoms with E-state index in [1.54, 1.807) is 13.2 Å². The van der Waals surface area contributed by atoms with Crippen molar-refractivity contribution in [1.82, 2.24) is 4.57 Å². The first-order valence-corrected chi connectivity index (χ1v) is 9.89. The molecule has 3 aromatic rings. The number of aryl methyl sites for hydroxylation is 1. The third-order valence-corrected chi connectivity index (χ3v) is 5.20. The summed E-state index contributed by atoms with van der Waals surface area (Å²) in [6, 6.07) is 16.3. The first-order chi connectivity index (χ1) is 14.2. The summed E-state index contributed by atoms with van der Waals surface area (Å²) in [6.07, 6.45) is 7.40. The smallest absolute Gasteiger partial charge is 0.334 e. The van der Waals surface area contributed by atoms with Crippen LogP contribution < -0.4 is 0 Å². The Morgan fingerprint density at radius 3 is 2.76 bits per heavy atom. The highest BCUT2D eigenvalue weighted by molar-refractivity contribution is 6.11. The Morgan fingerprint density at radius 1 is 1.21 bits per heavy atom. The first-order valence-electron chi connectivity index (χ1n) is 9.89. The van der Waals surface area contributed by atoms with E-state index in [4.69, 9.17) is 9.57 Å². The van der Waals surface area contributed by atoms with E-state index in [0.717, 1.165) is 34.2 Å². The van der Waals surface area contributed by atoms with Crippen molar-refractivity contribution in [2.45, 2.75) is 39.3 Å². The minimum atomic E-state index is -0.348. The van der Waals surface area contributed by atoms with Gasteiger partial charge < -0.3 is 14.1 Å². The molecule has 1 aliphatic rings. The molecule has 0 saturated carbocycles.